The van der Waals surface area contributed by atoms with Crippen LogP contribution in [0.2, 0.25) is 0 Å². The van der Waals surface area contributed by atoms with Gasteiger partial charge >= 0.3 is 0 Å². The number of aryl methyl sites for hydroxylation is 9. The molecule has 0 saturated heterocycles. The minimum Gasteiger partial charge on any atom is -0.382 e. The van der Waals surface area contributed by atoms with Gasteiger partial charge in [-0.25, -0.2) is 0 Å². The van der Waals surface area contributed by atoms with Gasteiger partial charge in [0.1, 0.15) is 0 Å². The van der Waals surface area contributed by atoms with Gasteiger partial charge in [0.2, 0.25) is 0 Å². The Morgan fingerprint density at radius 3 is 0.462 bits per heavy atom. The van der Waals surface area contributed by atoms with Crippen LogP contribution in [0.15, 0.2) is 36.4 Å². The molecule has 0 saturated carbocycles. The summed E-state index contributed by atoms with van der Waals surface area (Å²) in [6.45, 7) is 43.2. The highest BCUT2D eigenvalue weighted by Gasteiger charge is 2.07. The second-order valence-electron chi connectivity index (χ2n) is 21.3. The van der Waals surface area contributed by atoms with Crippen LogP contribution in [0.5, 0.6) is 0 Å². The Bertz CT molecular complexity index is 2010. The Balaban J connectivity index is 0.000000787. The molecule has 91 heavy (non-hydrogen) atoms. The molecule has 21 nitrogen and oxygen atoms in total. The predicted octanol–water partition coefficient (Wildman–Crippen LogP) is 8.75. The summed E-state index contributed by atoms with van der Waals surface area (Å²) >= 11 is 0. The number of benzene rings is 3. The van der Waals surface area contributed by atoms with E-state index in [0.29, 0.717) is 264 Å². The summed E-state index contributed by atoms with van der Waals surface area (Å²) in [6, 6.07) is 13.2. The standard InChI is InChI=1S/C31H56O11.C29H52O10.C10H14/c1-28-25-29(2)31(30(3)26-28)27-42-24-23-41-22-21-40-20-19-39-18-17-38-16-15-37-14-13-36-12-11-35-10-9-34-8-7-33-6-5-32-4;1-26-23-27(2)29(28(3)24-26)25-39-22-21-38-20-19-37-18-17-36-16-15-35-14-13-34-12-11-33-10-9-32-8-7-31-6-5-30-4;1-7-5-8(2)10(4)9(3)6-7/h25-26H,5-24,27H2,1-4H3;23-24H,5-22,25H2,1-4H3;5-6H,1-4H3. The van der Waals surface area contributed by atoms with Gasteiger partial charge < -0.3 is 99.5 Å². The van der Waals surface area contributed by atoms with Crippen molar-refractivity contribution in [3.05, 3.63) is 103 Å². The molecule has 0 atom stereocenters. The van der Waals surface area contributed by atoms with Crippen molar-refractivity contribution in [1.29, 1.82) is 0 Å². The predicted molar refractivity (Wildman–Crippen MR) is 354 cm³/mol. The van der Waals surface area contributed by atoms with E-state index in [9.17, 15) is 0 Å². The first-order valence-corrected chi connectivity index (χ1v) is 32.5. The molecule has 3 aromatic carbocycles. The summed E-state index contributed by atoms with van der Waals surface area (Å²) < 4.78 is 114. The maximum absolute atomic E-state index is 5.76. The summed E-state index contributed by atoms with van der Waals surface area (Å²) in [4.78, 5) is 0. The van der Waals surface area contributed by atoms with Gasteiger partial charge in [-0.05, 0) is 119 Å². The van der Waals surface area contributed by atoms with Crippen LogP contribution < -0.4 is 0 Å². The third kappa shape index (κ3) is 53.7. The van der Waals surface area contributed by atoms with E-state index in [4.69, 9.17) is 99.5 Å². The fourth-order valence-electron chi connectivity index (χ4n) is 8.50. The van der Waals surface area contributed by atoms with Gasteiger partial charge in [-0.15, -0.1) is 0 Å². The molecule has 0 fully saturated rings. The molecule has 0 heterocycles. The topological polar surface area (TPSA) is 194 Å². The van der Waals surface area contributed by atoms with E-state index in [1.165, 1.54) is 66.8 Å². The van der Waals surface area contributed by atoms with E-state index >= 15 is 0 Å². The molecule has 0 unspecified atom stereocenters. The first-order chi connectivity index (χ1) is 44.4. The quantitative estimate of drug-likeness (QED) is 0.0486. The summed E-state index contributed by atoms with van der Waals surface area (Å²) in [7, 11) is 3.30. The Hall–Kier alpha value is -3.18. The van der Waals surface area contributed by atoms with Crippen molar-refractivity contribution in [2.75, 3.05) is 265 Å². The molecule has 528 valence electrons. The molecule has 0 bridgehead atoms. The van der Waals surface area contributed by atoms with Crippen molar-refractivity contribution >= 4 is 0 Å². The maximum Gasteiger partial charge on any atom is 0.0723 e. The molecular formula is C70H122O21. The van der Waals surface area contributed by atoms with Crippen LogP contribution in [0.3, 0.4) is 0 Å². The molecule has 0 aliphatic rings. The van der Waals surface area contributed by atoms with Crippen LogP contribution in [0.4, 0.5) is 0 Å². The van der Waals surface area contributed by atoms with Crippen LogP contribution >= 0.6 is 0 Å². The van der Waals surface area contributed by atoms with Crippen molar-refractivity contribution in [2.24, 2.45) is 0 Å². The van der Waals surface area contributed by atoms with E-state index in [1.54, 1.807) is 14.2 Å². The van der Waals surface area contributed by atoms with Gasteiger partial charge in [0, 0.05) is 14.2 Å². The summed E-state index contributed by atoms with van der Waals surface area (Å²) in [5, 5.41) is 0. The zero-order chi connectivity index (χ0) is 66.3. The molecular weight excluding hydrogens is 1180 g/mol. The molecule has 3 aromatic rings. The molecule has 0 aliphatic heterocycles. The van der Waals surface area contributed by atoms with Crippen LogP contribution in [-0.4, -0.2) is 265 Å². The number of hydrogen-bond acceptors (Lipinski definition) is 21. The van der Waals surface area contributed by atoms with Gasteiger partial charge in [0.25, 0.3) is 0 Å². The minimum atomic E-state index is 0.520. The largest absolute Gasteiger partial charge is 0.382 e. The third-order valence-corrected chi connectivity index (χ3v) is 13.4. The number of hydrogen-bond donors (Lipinski definition) is 0. The van der Waals surface area contributed by atoms with Gasteiger partial charge in [0.05, 0.1) is 264 Å². The Morgan fingerprint density at radius 1 is 0.176 bits per heavy atom. The number of rotatable bonds is 61. The molecule has 21 heteroatoms. The fourth-order valence-corrected chi connectivity index (χ4v) is 8.50. The normalized spacial score (nSPS) is 11.3. The Kier molecular flexibility index (Phi) is 60.5. The van der Waals surface area contributed by atoms with Crippen molar-refractivity contribution in [3.63, 3.8) is 0 Å². The second-order valence-corrected chi connectivity index (χ2v) is 21.3. The van der Waals surface area contributed by atoms with Crippen LogP contribution in [-0.2, 0) is 113 Å². The van der Waals surface area contributed by atoms with Crippen molar-refractivity contribution in [1.82, 2.24) is 0 Å². The monoisotopic (exact) mass is 1300 g/mol. The number of ether oxygens (including phenoxy) is 21. The lowest BCUT2D eigenvalue weighted by Crippen LogP contribution is -2.15. The lowest BCUT2D eigenvalue weighted by molar-refractivity contribution is -0.0273. The lowest BCUT2D eigenvalue weighted by Gasteiger charge is -2.12. The number of methoxy groups -OCH3 is 2. The van der Waals surface area contributed by atoms with E-state index in [0.717, 1.165) is 0 Å². The highest BCUT2D eigenvalue weighted by molar-refractivity contribution is 5.38. The van der Waals surface area contributed by atoms with E-state index < -0.39 is 0 Å². The smallest absolute Gasteiger partial charge is 0.0723 e. The molecule has 0 spiro atoms. The Morgan fingerprint density at radius 2 is 0.308 bits per heavy atom. The van der Waals surface area contributed by atoms with Gasteiger partial charge in [-0.3, -0.25) is 0 Å². The highest BCUT2D eigenvalue weighted by atomic mass is 16.6. The fraction of sp³-hybridized carbons (Fsp3) is 0.743. The maximum atomic E-state index is 5.76. The molecule has 0 N–H and O–H groups in total. The van der Waals surface area contributed by atoms with Crippen LogP contribution in [0.1, 0.15) is 66.8 Å². The van der Waals surface area contributed by atoms with Crippen molar-refractivity contribution in [3.8, 4) is 0 Å². The average molecular weight is 1300 g/mol. The summed E-state index contributed by atoms with van der Waals surface area (Å²) in [6.07, 6.45) is 0. The van der Waals surface area contributed by atoms with E-state index in [-0.39, 0.29) is 0 Å². The summed E-state index contributed by atoms with van der Waals surface area (Å²) in [5.41, 5.74) is 15.8. The third-order valence-electron chi connectivity index (χ3n) is 13.4. The second kappa shape index (κ2) is 64.2. The zero-order valence-electron chi connectivity index (χ0n) is 58.3. The van der Waals surface area contributed by atoms with Gasteiger partial charge in [-0.2, -0.15) is 0 Å². The van der Waals surface area contributed by atoms with Crippen molar-refractivity contribution in [2.45, 2.75) is 82.5 Å². The van der Waals surface area contributed by atoms with Gasteiger partial charge in [0.15, 0.2) is 0 Å². The van der Waals surface area contributed by atoms with Crippen LogP contribution in [0, 0.1) is 69.2 Å². The first-order valence-electron chi connectivity index (χ1n) is 32.5. The van der Waals surface area contributed by atoms with Gasteiger partial charge in [-0.1, -0.05) is 53.1 Å². The van der Waals surface area contributed by atoms with Crippen molar-refractivity contribution < 1.29 is 99.5 Å². The Labute approximate surface area is 548 Å². The molecule has 3 rings (SSSR count). The SMILES string of the molecule is COCCOCCOCCOCCOCCOCCOCCOCCOCCOCCOCc1c(C)cc(C)cc1C.COCCOCCOCCOCCOCCOCCOCCOCCOCCOCc1c(C)cc(C)cc1C.Cc1cc(C)c(C)c(C)c1. The minimum absolute atomic E-state index is 0.520. The molecule has 0 amide bonds. The van der Waals surface area contributed by atoms with E-state index in [1.807, 2.05) is 0 Å². The highest BCUT2D eigenvalue weighted by Crippen LogP contribution is 2.19. The molecule has 0 aromatic heterocycles. The molecule has 0 aliphatic carbocycles. The first kappa shape index (κ1) is 85.8. The zero-order valence-corrected chi connectivity index (χ0v) is 58.3. The van der Waals surface area contributed by atoms with E-state index in [2.05, 4.69) is 106 Å². The lowest BCUT2D eigenvalue weighted by atomic mass is 10.0. The molecule has 0 radical (unpaired) electrons. The van der Waals surface area contributed by atoms with Crippen LogP contribution in [0.25, 0.3) is 0 Å². The average Bonchev–Trinajstić information content (AvgIpc) is 2.43. The summed E-state index contributed by atoms with van der Waals surface area (Å²) in [5.74, 6) is 0.